The molecule has 0 spiro atoms. The van der Waals surface area contributed by atoms with E-state index in [4.69, 9.17) is 0 Å². The fraction of sp³-hybridized carbons (Fsp3) is 0.944. The molecule has 3 atom stereocenters. The van der Waals surface area contributed by atoms with Crippen molar-refractivity contribution in [1.82, 2.24) is 10.6 Å². The summed E-state index contributed by atoms with van der Waals surface area (Å²) in [6, 6.07) is 1.09. The van der Waals surface area contributed by atoms with Gasteiger partial charge in [-0.25, -0.2) is 0 Å². The van der Waals surface area contributed by atoms with Gasteiger partial charge in [0.25, 0.3) is 0 Å². The molecule has 0 aromatic carbocycles. The number of carbonyl (C=O) groups is 1. The fourth-order valence-electron chi connectivity index (χ4n) is 4.55. The summed E-state index contributed by atoms with van der Waals surface area (Å²) in [4.78, 5) is 12.5. The number of amides is 1. The van der Waals surface area contributed by atoms with Crippen LogP contribution in [0, 0.1) is 11.3 Å². The summed E-state index contributed by atoms with van der Waals surface area (Å²) in [6.45, 7) is 4.69. The highest BCUT2D eigenvalue weighted by Gasteiger charge is 2.35. The third kappa shape index (κ3) is 3.80. The zero-order valence-corrected chi connectivity index (χ0v) is 13.8. The number of hydrogen-bond donors (Lipinski definition) is 2. The highest BCUT2D eigenvalue weighted by molar-refractivity contribution is 5.82. The fourth-order valence-corrected chi connectivity index (χ4v) is 4.55. The van der Waals surface area contributed by atoms with E-state index < -0.39 is 0 Å². The Labute approximate surface area is 129 Å². The summed E-state index contributed by atoms with van der Waals surface area (Å²) in [5.41, 5.74) is 0.472. The van der Waals surface area contributed by atoms with Gasteiger partial charge in [0, 0.05) is 12.1 Å². The molecule has 21 heavy (non-hydrogen) atoms. The van der Waals surface area contributed by atoms with E-state index in [2.05, 4.69) is 24.5 Å². The van der Waals surface area contributed by atoms with Gasteiger partial charge in [0.15, 0.2) is 0 Å². The summed E-state index contributed by atoms with van der Waals surface area (Å²) in [6.07, 6.45) is 12.4. The van der Waals surface area contributed by atoms with E-state index in [1.807, 2.05) is 0 Å². The van der Waals surface area contributed by atoms with Crippen LogP contribution in [0.1, 0.15) is 78.1 Å². The predicted octanol–water partition coefficient (Wildman–Crippen LogP) is 3.38. The van der Waals surface area contributed by atoms with Crippen LogP contribution in [0.3, 0.4) is 0 Å². The Kier molecular flexibility index (Phi) is 4.58. The first-order valence-corrected chi connectivity index (χ1v) is 9.10. The molecule has 1 saturated heterocycles. The maximum Gasteiger partial charge on any atom is 0.237 e. The lowest BCUT2D eigenvalue weighted by molar-refractivity contribution is -0.125. The van der Waals surface area contributed by atoms with Crippen LogP contribution in [0.2, 0.25) is 0 Å². The van der Waals surface area contributed by atoms with Crippen LogP contribution in [0.25, 0.3) is 0 Å². The van der Waals surface area contributed by atoms with Crippen molar-refractivity contribution in [2.75, 3.05) is 0 Å². The minimum absolute atomic E-state index is 0.0688. The second-order valence-electron chi connectivity index (χ2n) is 8.39. The average molecular weight is 292 g/mol. The smallest absolute Gasteiger partial charge is 0.237 e. The van der Waals surface area contributed by atoms with Gasteiger partial charge in [-0.3, -0.25) is 4.79 Å². The van der Waals surface area contributed by atoms with Gasteiger partial charge in [0.2, 0.25) is 5.91 Å². The lowest BCUT2D eigenvalue weighted by Crippen LogP contribution is -2.56. The average Bonchev–Trinajstić information content (AvgIpc) is 2.49. The number of nitrogens with one attached hydrogen (secondary N) is 2. The predicted molar refractivity (Wildman–Crippen MR) is 86.1 cm³/mol. The van der Waals surface area contributed by atoms with Crippen molar-refractivity contribution in [2.24, 2.45) is 11.3 Å². The van der Waals surface area contributed by atoms with Crippen LogP contribution in [-0.4, -0.2) is 24.0 Å². The van der Waals surface area contributed by atoms with Crippen LogP contribution in [-0.2, 0) is 4.79 Å². The standard InChI is InChI=1S/C18H32N2O/c1-18(2)11-9-14(10-12-18)19-17(21)16-8-7-13-5-3-4-6-15(13)20-16/h13-16,20H,3-12H2,1-2H3,(H,19,21). The molecule has 1 heterocycles. The molecule has 2 saturated carbocycles. The van der Waals surface area contributed by atoms with E-state index in [9.17, 15) is 4.79 Å². The molecule has 120 valence electrons. The Bertz CT molecular complexity index is 369. The first kappa shape index (κ1) is 15.3. The molecular formula is C18H32N2O. The maximum atomic E-state index is 12.5. The van der Waals surface area contributed by atoms with Crippen molar-refractivity contribution in [3.63, 3.8) is 0 Å². The van der Waals surface area contributed by atoms with Gasteiger partial charge in [-0.15, -0.1) is 0 Å². The first-order chi connectivity index (χ1) is 10.0. The first-order valence-electron chi connectivity index (χ1n) is 9.10. The third-order valence-corrected chi connectivity index (χ3v) is 6.15. The Morgan fingerprint density at radius 2 is 1.71 bits per heavy atom. The van der Waals surface area contributed by atoms with Crippen LogP contribution < -0.4 is 10.6 Å². The van der Waals surface area contributed by atoms with Crippen LogP contribution in [0.4, 0.5) is 0 Å². The number of rotatable bonds is 2. The number of fused-ring (bicyclic) bond motifs is 1. The summed E-state index contributed by atoms with van der Waals surface area (Å²) in [7, 11) is 0. The molecule has 3 heteroatoms. The highest BCUT2D eigenvalue weighted by atomic mass is 16.2. The second kappa shape index (κ2) is 6.28. The Balaban J connectivity index is 1.47. The lowest BCUT2D eigenvalue weighted by atomic mass is 9.75. The Morgan fingerprint density at radius 3 is 2.48 bits per heavy atom. The number of piperidine rings is 1. The van der Waals surface area contributed by atoms with Gasteiger partial charge < -0.3 is 10.6 Å². The molecule has 1 amide bonds. The quantitative estimate of drug-likeness (QED) is 0.819. The lowest BCUT2D eigenvalue weighted by Gasteiger charge is -2.41. The molecule has 3 fully saturated rings. The van der Waals surface area contributed by atoms with E-state index in [1.165, 1.54) is 44.9 Å². The van der Waals surface area contributed by atoms with Gasteiger partial charge in [-0.05, 0) is 62.7 Å². The molecule has 0 aromatic heterocycles. The molecule has 0 bridgehead atoms. The van der Waals surface area contributed by atoms with Gasteiger partial charge in [-0.2, -0.15) is 0 Å². The highest BCUT2D eigenvalue weighted by Crippen LogP contribution is 2.35. The van der Waals surface area contributed by atoms with Crippen molar-refractivity contribution < 1.29 is 4.79 Å². The van der Waals surface area contributed by atoms with Crippen molar-refractivity contribution in [1.29, 1.82) is 0 Å². The molecule has 3 rings (SSSR count). The normalized spacial score (nSPS) is 36.8. The van der Waals surface area contributed by atoms with Crippen molar-refractivity contribution in [3.05, 3.63) is 0 Å². The molecule has 0 radical (unpaired) electrons. The van der Waals surface area contributed by atoms with Gasteiger partial charge in [0.05, 0.1) is 6.04 Å². The summed E-state index contributed by atoms with van der Waals surface area (Å²) >= 11 is 0. The minimum atomic E-state index is 0.0688. The van der Waals surface area contributed by atoms with E-state index in [0.717, 1.165) is 25.2 Å². The van der Waals surface area contributed by atoms with Crippen molar-refractivity contribution in [2.45, 2.75) is 96.2 Å². The molecule has 2 N–H and O–H groups in total. The molecule has 1 aliphatic heterocycles. The number of hydrogen-bond acceptors (Lipinski definition) is 2. The zero-order chi connectivity index (χ0) is 14.9. The summed E-state index contributed by atoms with van der Waals surface area (Å²) < 4.78 is 0. The monoisotopic (exact) mass is 292 g/mol. The third-order valence-electron chi connectivity index (χ3n) is 6.15. The molecule has 3 unspecified atom stereocenters. The van der Waals surface area contributed by atoms with Crippen LogP contribution in [0.15, 0.2) is 0 Å². The molecule has 0 aromatic rings. The van der Waals surface area contributed by atoms with E-state index in [-0.39, 0.29) is 11.9 Å². The van der Waals surface area contributed by atoms with Gasteiger partial charge >= 0.3 is 0 Å². The zero-order valence-electron chi connectivity index (χ0n) is 13.8. The Morgan fingerprint density at radius 1 is 1.00 bits per heavy atom. The Hall–Kier alpha value is -0.570. The molecular weight excluding hydrogens is 260 g/mol. The maximum absolute atomic E-state index is 12.5. The van der Waals surface area contributed by atoms with Crippen LogP contribution >= 0.6 is 0 Å². The topological polar surface area (TPSA) is 41.1 Å². The minimum Gasteiger partial charge on any atom is -0.352 e. The van der Waals surface area contributed by atoms with Crippen LogP contribution in [0.5, 0.6) is 0 Å². The SMILES string of the molecule is CC1(C)CCC(NC(=O)C2CCC3CCCCC3N2)CC1. The molecule has 2 aliphatic carbocycles. The summed E-state index contributed by atoms with van der Waals surface area (Å²) in [5, 5.41) is 6.97. The van der Waals surface area contributed by atoms with Crippen molar-refractivity contribution >= 4 is 5.91 Å². The second-order valence-corrected chi connectivity index (χ2v) is 8.39. The van der Waals surface area contributed by atoms with Gasteiger partial charge in [0.1, 0.15) is 0 Å². The largest absolute Gasteiger partial charge is 0.352 e. The number of carbonyl (C=O) groups excluding carboxylic acids is 1. The summed E-state index contributed by atoms with van der Waals surface area (Å²) in [5.74, 6) is 1.10. The van der Waals surface area contributed by atoms with E-state index >= 15 is 0 Å². The molecule has 3 aliphatic rings. The van der Waals surface area contributed by atoms with E-state index in [0.29, 0.717) is 17.5 Å². The van der Waals surface area contributed by atoms with Gasteiger partial charge in [-0.1, -0.05) is 26.7 Å². The van der Waals surface area contributed by atoms with E-state index in [1.54, 1.807) is 0 Å². The molecule has 3 nitrogen and oxygen atoms in total. The van der Waals surface area contributed by atoms with Crippen molar-refractivity contribution in [3.8, 4) is 0 Å².